The maximum Gasteiger partial charge on any atom is 0.214 e. The number of nitrogens with zero attached hydrogens (tertiary/aromatic N) is 5. The summed E-state index contributed by atoms with van der Waals surface area (Å²) in [5.74, 6) is 0.696. The second kappa shape index (κ2) is 5.65. The van der Waals surface area contributed by atoms with Gasteiger partial charge in [-0.25, -0.2) is 0 Å². The minimum Gasteiger partial charge on any atom is -0.198 e. The Kier molecular flexibility index (Phi) is 3.95. The number of aryl methyl sites for hydroxylation is 2. The molecule has 1 aromatic carbocycles. The van der Waals surface area contributed by atoms with Gasteiger partial charge >= 0.3 is 0 Å². The lowest BCUT2D eigenvalue weighted by Gasteiger charge is -2.06. The molecule has 0 fully saturated rings. The third kappa shape index (κ3) is 2.68. The Morgan fingerprint density at radius 1 is 1.33 bits per heavy atom. The third-order valence-electron chi connectivity index (χ3n) is 2.62. The molecule has 18 heavy (non-hydrogen) atoms. The van der Waals surface area contributed by atoms with E-state index in [-0.39, 0.29) is 0 Å². The van der Waals surface area contributed by atoms with E-state index in [9.17, 15) is 0 Å². The lowest BCUT2D eigenvalue weighted by atomic mass is 10.1. The summed E-state index contributed by atoms with van der Waals surface area (Å²) in [5.41, 5.74) is 3.39. The molecule has 2 rings (SSSR count). The van der Waals surface area contributed by atoms with Crippen molar-refractivity contribution in [3.05, 3.63) is 29.3 Å². The standard InChI is InChI=1S/C12H13N5S/c1-9-4-5-11(8-10(9)2)17-12(14-15-16-17)18-7-3-6-13/h4-5,8H,3,7H2,1-2H3. The molecule has 1 heterocycles. The topological polar surface area (TPSA) is 67.4 Å². The molecular formula is C12H13N5S. The summed E-state index contributed by atoms with van der Waals surface area (Å²) in [6, 6.07) is 8.21. The van der Waals surface area contributed by atoms with E-state index in [4.69, 9.17) is 5.26 Å². The van der Waals surface area contributed by atoms with Gasteiger partial charge in [0.05, 0.1) is 11.8 Å². The highest BCUT2D eigenvalue weighted by molar-refractivity contribution is 7.99. The number of tetrazole rings is 1. The van der Waals surface area contributed by atoms with Gasteiger partial charge in [-0.05, 0) is 47.5 Å². The van der Waals surface area contributed by atoms with Crippen LogP contribution in [0.1, 0.15) is 17.5 Å². The number of hydrogen-bond acceptors (Lipinski definition) is 5. The van der Waals surface area contributed by atoms with Crippen LogP contribution < -0.4 is 0 Å². The van der Waals surface area contributed by atoms with Crippen molar-refractivity contribution in [2.24, 2.45) is 0 Å². The summed E-state index contributed by atoms with van der Waals surface area (Å²) in [6.45, 7) is 4.13. The number of hydrogen-bond donors (Lipinski definition) is 0. The van der Waals surface area contributed by atoms with Crippen LogP contribution in [0.3, 0.4) is 0 Å². The SMILES string of the molecule is Cc1ccc(-n2nnnc2SCCC#N)cc1C. The Morgan fingerprint density at radius 2 is 2.17 bits per heavy atom. The zero-order chi connectivity index (χ0) is 13.0. The molecule has 0 spiro atoms. The Hall–Kier alpha value is -1.87. The van der Waals surface area contributed by atoms with Gasteiger partial charge in [-0.15, -0.1) is 5.10 Å². The molecule has 0 aliphatic rings. The van der Waals surface area contributed by atoms with E-state index in [1.165, 1.54) is 22.9 Å². The van der Waals surface area contributed by atoms with Crippen LogP contribution in [-0.4, -0.2) is 26.0 Å². The molecule has 0 aliphatic heterocycles. The molecule has 0 radical (unpaired) electrons. The first-order valence-corrected chi connectivity index (χ1v) is 6.56. The van der Waals surface area contributed by atoms with Crippen LogP contribution >= 0.6 is 11.8 Å². The van der Waals surface area contributed by atoms with Crippen LogP contribution in [0, 0.1) is 25.2 Å². The van der Waals surface area contributed by atoms with Crippen LogP contribution in [-0.2, 0) is 0 Å². The summed E-state index contributed by atoms with van der Waals surface area (Å²) in [5, 5.41) is 20.9. The Labute approximate surface area is 110 Å². The van der Waals surface area contributed by atoms with Crippen molar-refractivity contribution < 1.29 is 0 Å². The fraction of sp³-hybridized carbons (Fsp3) is 0.333. The summed E-state index contributed by atoms with van der Waals surface area (Å²) in [4.78, 5) is 0. The van der Waals surface area contributed by atoms with Crippen molar-refractivity contribution >= 4 is 11.8 Å². The number of nitriles is 1. The van der Waals surface area contributed by atoms with Crippen LogP contribution in [0.15, 0.2) is 23.4 Å². The van der Waals surface area contributed by atoms with E-state index >= 15 is 0 Å². The van der Waals surface area contributed by atoms with Gasteiger partial charge in [-0.1, -0.05) is 17.8 Å². The maximum atomic E-state index is 8.53. The van der Waals surface area contributed by atoms with Gasteiger partial charge in [0, 0.05) is 12.2 Å². The van der Waals surface area contributed by atoms with Gasteiger partial charge in [0.1, 0.15) is 0 Å². The maximum absolute atomic E-state index is 8.53. The first-order valence-electron chi connectivity index (χ1n) is 5.58. The van der Waals surface area contributed by atoms with Crippen LogP contribution in [0.25, 0.3) is 5.69 Å². The molecule has 92 valence electrons. The van der Waals surface area contributed by atoms with Crippen LogP contribution in [0.4, 0.5) is 0 Å². The van der Waals surface area contributed by atoms with E-state index < -0.39 is 0 Å². The van der Waals surface area contributed by atoms with Gasteiger partial charge in [-0.3, -0.25) is 0 Å². The number of benzene rings is 1. The summed E-state index contributed by atoms with van der Waals surface area (Å²) in [7, 11) is 0. The molecule has 2 aromatic rings. The van der Waals surface area contributed by atoms with E-state index in [1.54, 1.807) is 4.68 Å². The smallest absolute Gasteiger partial charge is 0.198 e. The highest BCUT2D eigenvalue weighted by Gasteiger charge is 2.09. The predicted molar refractivity (Wildman–Crippen MR) is 69.6 cm³/mol. The Morgan fingerprint density at radius 3 is 2.89 bits per heavy atom. The molecule has 0 saturated heterocycles. The highest BCUT2D eigenvalue weighted by Crippen LogP contribution is 2.20. The van der Waals surface area contributed by atoms with Crippen molar-refractivity contribution in [3.63, 3.8) is 0 Å². The van der Waals surface area contributed by atoms with Crippen molar-refractivity contribution in [1.82, 2.24) is 20.2 Å². The second-order valence-corrected chi connectivity index (χ2v) is 4.96. The van der Waals surface area contributed by atoms with Gasteiger partial charge in [0.15, 0.2) is 0 Å². The molecule has 0 N–H and O–H groups in total. The number of aromatic nitrogens is 4. The van der Waals surface area contributed by atoms with Gasteiger partial charge < -0.3 is 0 Å². The van der Waals surface area contributed by atoms with E-state index in [1.807, 2.05) is 6.07 Å². The van der Waals surface area contributed by atoms with E-state index in [0.717, 1.165) is 5.69 Å². The van der Waals surface area contributed by atoms with E-state index in [2.05, 4.69) is 47.6 Å². The van der Waals surface area contributed by atoms with E-state index in [0.29, 0.717) is 17.3 Å². The van der Waals surface area contributed by atoms with Crippen molar-refractivity contribution in [3.8, 4) is 11.8 Å². The monoisotopic (exact) mass is 259 g/mol. The minimum absolute atomic E-state index is 0.491. The highest BCUT2D eigenvalue weighted by atomic mass is 32.2. The van der Waals surface area contributed by atoms with Gasteiger partial charge in [0.2, 0.25) is 5.16 Å². The van der Waals surface area contributed by atoms with Crippen molar-refractivity contribution in [1.29, 1.82) is 5.26 Å². The lowest BCUT2D eigenvalue weighted by Crippen LogP contribution is -2.00. The lowest BCUT2D eigenvalue weighted by molar-refractivity contribution is 0.755. The molecule has 0 bridgehead atoms. The zero-order valence-corrected chi connectivity index (χ0v) is 11.1. The zero-order valence-electron chi connectivity index (χ0n) is 10.3. The second-order valence-electron chi connectivity index (χ2n) is 3.90. The fourth-order valence-electron chi connectivity index (χ4n) is 1.48. The van der Waals surface area contributed by atoms with Gasteiger partial charge in [-0.2, -0.15) is 9.94 Å². The van der Waals surface area contributed by atoms with Crippen LogP contribution in [0.5, 0.6) is 0 Å². The number of thioether (sulfide) groups is 1. The first kappa shape index (κ1) is 12.6. The molecule has 0 aliphatic carbocycles. The van der Waals surface area contributed by atoms with Gasteiger partial charge in [0.25, 0.3) is 0 Å². The van der Waals surface area contributed by atoms with Crippen molar-refractivity contribution in [2.45, 2.75) is 25.4 Å². The van der Waals surface area contributed by atoms with Crippen molar-refractivity contribution in [2.75, 3.05) is 5.75 Å². The molecule has 0 atom stereocenters. The third-order valence-corrected chi connectivity index (χ3v) is 3.54. The molecule has 0 unspecified atom stereocenters. The Balaban J connectivity index is 2.25. The summed E-state index contributed by atoms with van der Waals surface area (Å²) < 4.78 is 1.70. The molecule has 0 amide bonds. The minimum atomic E-state index is 0.491. The molecule has 0 saturated carbocycles. The largest absolute Gasteiger partial charge is 0.214 e. The average Bonchev–Trinajstić information content (AvgIpc) is 2.81. The summed E-state index contributed by atoms with van der Waals surface area (Å²) >= 11 is 1.49. The molecule has 1 aromatic heterocycles. The number of rotatable bonds is 4. The fourth-order valence-corrected chi connectivity index (χ4v) is 2.21. The summed E-state index contributed by atoms with van der Waals surface area (Å²) in [6.07, 6.45) is 0.491. The molecular weight excluding hydrogens is 246 g/mol. The normalized spacial score (nSPS) is 10.3. The average molecular weight is 259 g/mol. The quantitative estimate of drug-likeness (QED) is 0.622. The van der Waals surface area contributed by atoms with Crippen LogP contribution in [0.2, 0.25) is 0 Å². The predicted octanol–water partition coefficient (Wildman–Crippen LogP) is 2.28. The molecule has 5 nitrogen and oxygen atoms in total. The Bertz CT molecular complexity index is 584. The first-order chi connectivity index (χ1) is 8.72. The molecule has 6 heteroatoms.